The highest BCUT2D eigenvalue weighted by Gasteiger charge is 2.07. The summed E-state index contributed by atoms with van der Waals surface area (Å²) >= 11 is 7.62. The first-order chi connectivity index (χ1) is 8.16. The molecule has 1 aromatic heterocycles. The highest BCUT2D eigenvalue weighted by atomic mass is 35.5. The van der Waals surface area contributed by atoms with E-state index in [2.05, 4.69) is 17.2 Å². The Hall–Kier alpha value is -1.10. The van der Waals surface area contributed by atoms with Gasteiger partial charge in [-0.05, 0) is 24.6 Å². The van der Waals surface area contributed by atoms with Crippen molar-refractivity contribution in [2.75, 3.05) is 5.73 Å². The van der Waals surface area contributed by atoms with Gasteiger partial charge in [-0.3, -0.25) is 0 Å². The van der Waals surface area contributed by atoms with Crippen molar-refractivity contribution in [2.24, 2.45) is 0 Å². The van der Waals surface area contributed by atoms with Gasteiger partial charge in [-0.1, -0.05) is 17.7 Å². The van der Waals surface area contributed by atoms with E-state index in [0.29, 0.717) is 10.7 Å². The molecule has 3 N–H and O–H groups in total. The van der Waals surface area contributed by atoms with Gasteiger partial charge < -0.3 is 11.1 Å². The number of nitrogens with zero attached hydrogens (tertiary/aromatic N) is 1. The fourth-order valence-electron chi connectivity index (χ4n) is 1.49. The van der Waals surface area contributed by atoms with Crippen LogP contribution in [0.15, 0.2) is 29.8 Å². The van der Waals surface area contributed by atoms with Gasteiger partial charge in [0.05, 0.1) is 16.8 Å². The monoisotopic (exact) mass is 267 g/mol. The zero-order chi connectivity index (χ0) is 12.3. The summed E-state index contributed by atoms with van der Waals surface area (Å²) in [6.07, 6.45) is 1.82. The third kappa shape index (κ3) is 3.19. The Morgan fingerprint density at radius 1 is 1.53 bits per heavy atom. The average molecular weight is 268 g/mol. The smallest absolute Gasteiger partial charge is 0.109 e. The molecule has 1 heterocycles. The van der Waals surface area contributed by atoms with E-state index >= 15 is 0 Å². The summed E-state index contributed by atoms with van der Waals surface area (Å²) < 4.78 is 0. The molecule has 2 rings (SSSR count). The van der Waals surface area contributed by atoms with Gasteiger partial charge >= 0.3 is 0 Å². The zero-order valence-corrected chi connectivity index (χ0v) is 11.1. The molecule has 0 bridgehead atoms. The maximum absolute atomic E-state index is 5.97. The normalized spacial score (nSPS) is 12.6. The molecule has 0 saturated heterocycles. The lowest BCUT2D eigenvalue weighted by Gasteiger charge is -2.11. The van der Waals surface area contributed by atoms with Crippen molar-refractivity contribution in [2.45, 2.75) is 19.5 Å². The molecule has 1 unspecified atom stereocenters. The zero-order valence-electron chi connectivity index (χ0n) is 9.48. The highest BCUT2D eigenvalue weighted by molar-refractivity contribution is 7.09. The molecule has 90 valence electrons. The van der Waals surface area contributed by atoms with Gasteiger partial charge in [0.1, 0.15) is 5.01 Å². The van der Waals surface area contributed by atoms with Crippen molar-refractivity contribution in [3.63, 3.8) is 0 Å². The second kappa shape index (κ2) is 5.49. The first kappa shape index (κ1) is 12.4. The van der Waals surface area contributed by atoms with E-state index < -0.39 is 0 Å². The van der Waals surface area contributed by atoms with Crippen LogP contribution in [0.4, 0.5) is 5.69 Å². The Bertz CT molecular complexity index is 485. The maximum Gasteiger partial charge on any atom is 0.109 e. The Balaban J connectivity index is 1.96. The van der Waals surface area contributed by atoms with Crippen molar-refractivity contribution in [3.05, 3.63) is 45.4 Å². The molecule has 5 heteroatoms. The van der Waals surface area contributed by atoms with Crippen molar-refractivity contribution < 1.29 is 0 Å². The van der Waals surface area contributed by atoms with E-state index in [1.807, 2.05) is 29.8 Å². The fourth-order valence-corrected chi connectivity index (χ4v) is 2.36. The molecular formula is C12H14ClN3S. The number of benzene rings is 1. The number of nitrogen functional groups attached to an aromatic ring is 1. The van der Waals surface area contributed by atoms with Crippen molar-refractivity contribution >= 4 is 28.6 Å². The van der Waals surface area contributed by atoms with Gasteiger partial charge in [-0.25, -0.2) is 4.98 Å². The summed E-state index contributed by atoms with van der Waals surface area (Å²) in [4.78, 5) is 4.27. The van der Waals surface area contributed by atoms with Crippen LogP contribution in [-0.2, 0) is 6.54 Å². The molecule has 1 atom stereocenters. The Labute approximate surface area is 110 Å². The summed E-state index contributed by atoms with van der Waals surface area (Å²) in [5.74, 6) is 0. The lowest BCUT2D eigenvalue weighted by Crippen LogP contribution is -2.17. The van der Waals surface area contributed by atoms with E-state index in [0.717, 1.165) is 17.1 Å². The molecule has 0 aliphatic carbocycles. The van der Waals surface area contributed by atoms with Gasteiger partial charge in [-0.2, -0.15) is 0 Å². The number of hydrogen-bond acceptors (Lipinski definition) is 4. The van der Waals surface area contributed by atoms with Crippen LogP contribution >= 0.6 is 22.9 Å². The summed E-state index contributed by atoms with van der Waals surface area (Å²) in [6.45, 7) is 2.85. The van der Waals surface area contributed by atoms with Crippen LogP contribution in [-0.4, -0.2) is 4.98 Å². The number of nitrogens with one attached hydrogen (secondary N) is 1. The second-order valence-corrected chi connectivity index (χ2v) is 5.16. The average Bonchev–Trinajstić information content (AvgIpc) is 2.84. The molecule has 0 fully saturated rings. The summed E-state index contributed by atoms with van der Waals surface area (Å²) in [6, 6.07) is 5.93. The molecule has 0 spiro atoms. The number of thiazole rings is 1. The van der Waals surface area contributed by atoms with Gasteiger partial charge in [0.15, 0.2) is 0 Å². The molecule has 0 amide bonds. The number of halogens is 1. The third-order valence-corrected chi connectivity index (χ3v) is 3.78. The summed E-state index contributed by atoms with van der Waals surface area (Å²) in [5, 5.41) is 7.07. The van der Waals surface area contributed by atoms with Gasteiger partial charge in [0.25, 0.3) is 0 Å². The quantitative estimate of drug-likeness (QED) is 0.837. The molecule has 2 aromatic rings. The van der Waals surface area contributed by atoms with Gasteiger partial charge in [0.2, 0.25) is 0 Å². The molecule has 1 aromatic carbocycles. The van der Waals surface area contributed by atoms with E-state index in [9.17, 15) is 0 Å². The predicted molar refractivity (Wildman–Crippen MR) is 73.2 cm³/mol. The lowest BCUT2D eigenvalue weighted by molar-refractivity contribution is 0.572. The fraction of sp³-hybridized carbons (Fsp3) is 0.250. The molecule has 0 saturated carbocycles. The molecule has 0 aliphatic heterocycles. The lowest BCUT2D eigenvalue weighted by atomic mass is 10.2. The first-order valence-electron chi connectivity index (χ1n) is 5.33. The summed E-state index contributed by atoms with van der Waals surface area (Å²) in [5.41, 5.74) is 7.39. The molecule has 0 aliphatic rings. The van der Waals surface area contributed by atoms with Crippen LogP contribution in [0.1, 0.15) is 23.5 Å². The Morgan fingerprint density at radius 2 is 2.35 bits per heavy atom. The third-order valence-electron chi connectivity index (χ3n) is 2.50. The van der Waals surface area contributed by atoms with Crippen LogP contribution in [0, 0.1) is 0 Å². The molecular weight excluding hydrogens is 254 g/mol. The van der Waals surface area contributed by atoms with E-state index in [4.69, 9.17) is 17.3 Å². The largest absolute Gasteiger partial charge is 0.398 e. The van der Waals surface area contributed by atoms with Crippen molar-refractivity contribution in [1.82, 2.24) is 10.3 Å². The summed E-state index contributed by atoms with van der Waals surface area (Å²) in [7, 11) is 0. The standard InChI is InChI=1S/C12H14ClN3S/c1-8(12-15-4-5-17-12)16-7-9-2-3-11(14)10(13)6-9/h2-6,8,16H,7,14H2,1H3. The first-order valence-corrected chi connectivity index (χ1v) is 6.59. The minimum absolute atomic E-state index is 0.242. The van der Waals surface area contributed by atoms with E-state index in [-0.39, 0.29) is 6.04 Å². The van der Waals surface area contributed by atoms with Crippen LogP contribution in [0.2, 0.25) is 5.02 Å². The minimum Gasteiger partial charge on any atom is -0.398 e. The topological polar surface area (TPSA) is 50.9 Å². The Kier molecular flexibility index (Phi) is 3.99. The number of aromatic nitrogens is 1. The van der Waals surface area contributed by atoms with E-state index in [1.54, 1.807) is 11.3 Å². The number of anilines is 1. The highest BCUT2D eigenvalue weighted by Crippen LogP contribution is 2.20. The number of rotatable bonds is 4. The van der Waals surface area contributed by atoms with Gasteiger partial charge in [-0.15, -0.1) is 11.3 Å². The maximum atomic E-state index is 5.97. The SMILES string of the molecule is CC(NCc1ccc(N)c(Cl)c1)c1nccs1. The van der Waals surface area contributed by atoms with Crippen LogP contribution in [0.25, 0.3) is 0 Å². The van der Waals surface area contributed by atoms with Crippen LogP contribution in [0.5, 0.6) is 0 Å². The van der Waals surface area contributed by atoms with Crippen molar-refractivity contribution in [1.29, 1.82) is 0 Å². The molecule has 0 radical (unpaired) electrons. The second-order valence-electron chi connectivity index (χ2n) is 3.83. The van der Waals surface area contributed by atoms with Crippen molar-refractivity contribution in [3.8, 4) is 0 Å². The van der Waals surface area contributed by atoms with Gasteiger partial charge in [0, 0.05) is 18.1 Å². The number of nitrogens with two attached hydrogens (primary N) is 1. The van der Waals surface area contributed by atoms with Crippen LogP contribution < -0.4 is 11.1 Å². The van der Waals surface area contributed by atoms with E-state index in [1.165, 1.54) is 0 Å². The predicted octanol–water partition coefficient (Wildman–Crippen LogP) is 3.23. The Morgan fingerprint density at radius 3 is 3.00 bits per heavy atom. The molecule has 17 heavy (non-hydrogen) atoms. The van der Waals surface area contributed by atoms with Crippen LogP contribution in [0.3, 0.4) is 0 Å². The number of hydrogen-bond donors (Lipinski definition) is 2. The molecule has 3 nitrogen and oxygen atoms in total. The minimum atomic E-state index is 0.242.